The van der Waals surface area contributed by atoms with E-state index in [9.17, 15) is 4.39 Å². The average Bonchev–Trinajstić information content (AvgIpc) is 2.27. The zero-order chi connectivity index (χ0) is 12.5. The molecule has 0 fully saturated rings. The van der Waals surface area contributed by atoms with Crippen molar-refractivity contribution < 1.29 is 4.39 Å². The minimum atomic E-state index is -0.184. The summed E-state index contributed by atoms with van der Waals surface area (Å²) in [6.07, 6.45) is 0. The van der Waals surface area contributed by atoms with Gasteiger partial charge in [0.05, 0.1) is 0 Å². The molecule has 2 rings (SSSR count). The molecule has 4 heteroatoms. The van der Waals surface area contributed by atoms with Crippen LogP contribution in [0.2, 0.25) is 0 Å². The molecule has 1 N–H and O–H groups in total. The number of hydrogen-bond donors (Lipinski definition) is 1. The Kier molecular flexibility index (Phi) is 3.43. The number of nitrogens with zero attached hydrogens (tertiary/aromatic N) is 1. The van der Waals surface area contributed by atoms with E-state index in [1.165, 1.54) is 6.07 Å². The summed E-state index contributed by atoms with van der Waals surface area (Å²) in [4.78, 5) is 4.49. The maximum atomic E-state index is 13.4. The molecular weight excluding hydrogens is 235 g/mol. The summed E-state index contributed by atoms with van der Waals surface area (Å²) in [6.45, 7) is 6.99. The fourth-order valence-electron chi connectivity index (χ4n) is 1.57. The normalized spacial score (nSPS) is 18.7. The van der Waals surface area contributed by atoms with Gasteiger partial charge in [-0.05, 0) is 24.5 Å². The van der Waals surface area contributed by atoms with Crippen molar-refractivity contribution in [3.05, 3.63) is 29.6 Å². The molecule has 0 saturated carbocycles. The van der Waals surface area contributed by atoms with Crippen LogP contribution < -0.4 is 5.32 Å². The van der Waals surface area contributed by atoms with E-state index in [1.54, 1.807) is 24.8 Å². The maximum absolute atomic E-state index is 13.4. The van der Waals surface area contributed by atoms with Crippen LogP contribution in [-0.4, -0.2) is 17.5 Å². The number of anilines is 1. The van der Waals surface area contributed by atoms with Crippen molar-refractivity contribution in [1.82, 2.24) is 0 Å². The molecule has 1 aromatic rings. The van der Waals surface area contributed by atoms with Crippen molar-refractivity contribution in [2.24, 2.45) is 10.4 Å². The quantitative estimate of drug-likeness (QED) is 0.824. The van der Waals surface area contributed by atoms with Crippen molar-refractivity contribution in [3.63, 3.8) is 0 Å². The Morgan fingerprint density at radius 3 is 2.82 bits per heavy atom. The molecule has 0 aromatic heterocycles. The van der Waals surface area contributed by atoms with Crippen LogP contribution in [0, 0.1) is 18.2 Å². The molecule has 92 valence electrons. The Hall–Kier alpha value is -1.03. The summed E-state index contributed by atoms with van der Waals surface area (Å²) in [6, 6.07) is 5.06. The third-order valence-electron chi connectivity index (χ3n) is 2.76. The van der Waals surface area contributed by atoms with Crippen LogP contribution in [0.3, 0.4) is 0 Å². The minimum absolute atomic E-state index is 0.184. The molecule has 1 aromatic carbocycles. The monoisotopic (exact) mass is 252 g/mol. The summed E-state index contributed by atoms with van der Waals surface area (Å²) in [5, 5.41) is 4.09. The second kappa shape index (κ2) is 4.69. The Morgan fingerprint density at radius 2 is 2.18 bits per heavy atom. The van der Waals surface area contributed by atoms with Gasteiger partial charge in [0.2, 0.25) is 0 Å². The third-order valence-corrected chi connectivity index (χ3v) is 4.19. The van der Waals surface area contributed by atoms with Crippen molar-refractivity contribution in [2.45, 2.75) is 20.8 Å². The first-order chi connectivity index (χ1) is 7.98. The number of halogens is 1. The van der Waals surface area contributed by atoms with Gasteiger partial charge in [0.1, 0.15) is 5.82 Å². The molecule has 0 aliphatic carbocycles. The number of nitrogens with one attached hydrogen (secondary N) is 1. The SMILES string of the molecule is Cc1c(F)cccc1NC1=NCC(C)(C)CS1. The minimum Gasteiger partial charge on any atom is -0.335 e. The number of aliphatic imine (C=N–C) groups is 1. The molecule has 0 bridgehead atoms. The predicted molar refractivity (Wildman–Crippen MR) is 73.3 cm³/mol. The predicted octanol–water partition coefficient (Wildman–Crippen LogP) is 3.68. The van der Waals surface area contributed by atoms with Crippen LogP contribution in [0.4, 0.5) is 10.1 Å². The second-order valence-electron chi connectivity index (χ2n) is 5.11. The van der Waals surface area contributed by atoms with Crippen LogP contribution >= 0.6 is 11.8 Å². The standard InChI is InChI=1S/C13H17FN2S/c1-9-10(14)5-4-6-11(9)16-12-15-7-13(2,3)8-17-12/h4-6H,7-8H2,1-3H3,(H,15,16). The number of rotatable bonds is 1. The first kappa shape index (κ1) is 12.4. The van der Waals surface area contributed by atoms with Crippen LogP contribution in [0.15, 0.2) is 23.2 Å². The van der Waals surface area contributed by atoms with E-state index in [4.69, 9.17) is 0 Å². The van der Waals surface area contributed by atoms with Gasteiger partial charge in [-0.15, -0.1) is 0 Å². The Bertz CT molecular complexity index is 455. The largest absolute Gasteiger partial charge is 0.335 e. The van der Waals surface area contributed by atoms with Crippen molar-refractivity contribution in [1.29, 1.82) is 0 Å². The number of amidine groups is 1. The summed E-state index contributed by atoms with van der Waals surface area (Å²) < 4.78 is 13.4. The summed E-state index contributed by atoms with van der Waals surface area (Å²) in [7, 11) is 0. The van der Waals surface area contributed by atoms with Crippen LogP contribution in [0.1, 0.15) is 19.4 Å². The van der Waals surface area contributed by atoms with Gasteiger partial charge in [-0.25, -0.2) is 4.39 Å². The number of thioether (sulfide) groups is 1. The second-order valence-corrected chi connectivity index (χ2v) is 6.08. The van der Waals surface area contributed by atoms with Gasteiger partial charge in [0, 0.05) is 23.5 Å². The molecule has 0 amide bonds. The molecule has 0 radical (unpaired) electrons. The molecule has 17 heavy (non-hydrogen) atoms. The lowest BCUT2D eigenvalue weighted by atomic mass is 9.97. The molecular formula is C13H17FN2S. The highest BCUT2D eigenvalue weighted by molar-refractivity contribution is 8.14. The lowest BCUT2D eigenvalue weighted by molar-refractivity contribution is 0.438. The summed E-state index contributed by atoms with van der Waals surface area (Å²) in [5.74, 6) is 0.851. The van der Waals surface area contributed by atoms with Gasteiger partial charge in [0.25, 0.3) is 0 Å². The Labute approximate surface area is 106 Å². The molecule has 1 heterocycles. The van der Waals surface area contributed by atoms with Gasteiger partial charge < -0.3 is 5.32 Å². The van der Waals surface area contributed by atoms with E-state index < -0.39 is 0 Å². The molecule has 2 nitrogen and oxygen atoms in total. The van der Waals surface area contributed by atoms with E-state index in [0.29, 0.717) is 5.56 Å². The highest BCUT2D eigenvalue weighted by atomic mass is 32.2. The highest BCUT2D eigenvalue weighted by Gasteiger charge is 2.23. The molecule has 1 aliphatic heterocycles. The molecule has 0 atom stereocenters. The summed E-state index contributed by atoms with van der Waals surface area (Å²) >= 11 is 1.70. The molecule has 0 unspecified atom stereocenters. The van der Waals surface area contributed by atoms with E-state index in [0.717, 1.165) is 23.2 Å². The smallest absolute Gasteiger partial charge is 0.161 e. The first-order valence-corrected chi connectivity index (χ1v) is 6.66. The van der Waals surface area contributed by atoms with Gasteiger partial charge in [0.15, 0.2) is 5.17 Å². The van der Waals surface area contributed by atoms with E-state index in [-0.39, 0.29) is 11.2 Å². The topological polar surface area (TPSA) is 24.4 Å². The Morgan fingerprint density at radius 1 is 1.41 bits per heavy atom. The van der Waals surface area contributed by atoms with E-state index >= 15 is 0 Å². The number of hydrogen-bond acceptors (Lipinski definition) is 3. The maximum Gasteiger partial charge on any atom is 0.161 e. The van der Waals surface area contributed by atoms with Gasteiger partial charge >= 0.3 is 0 Å². The highest BCUT2D eigenvalue weighted by Crippen LogP contribution is 2.29. The van der Waals surface area contributed by atoms with Crippen LogP contribution in [0.5, 0.6) is 0 Å². The average molecular weight is 252 g/mol. The summed E-state index contributed by atoms with van der Waals surface area (Å²) in [5.41, 5.74) is 1.70. The van der Waals surface area contributed by atoms with Crippen molar-refractivity contribution in [2.75, 3.05) is 17.6 Å². The Balaban J connectivity index is 2.12. The lowest BCUT2D eigenvalue weighted by Crippen LogP contribution is -2.27. The van der Waals surface area contributed by atoms with Gasteiger partial charge in [-0.1, -0.05) is 31.7 Å². The van der Waals surface area contributed by atoms with Gasteiger partial charge in [-0.3, -0.25) is 4.99 Å². The zero-order valence-corrected chi connectivity index (χ0v) is 11.2. The van der Waals surface area contributed by atoms with Crippen LogP contribution in [0.25, 0.3) is 0 Å². The molecule has 0 saturated heterocycles. The molecule has 1 aliphatic rings. The van der Waals surface area contributed by atoms with Crippen molar-refractivity contribution in [3.8, 4) is 0 Å². The van der Waals surface area contributed by atoms with Gasteiger partial charge in [-0.2, -0.15) is 0 Å². The molecule has 0 spiro atoms. The van der Waals surface area contributed by atoms with Crippen LogP contribution in [-0.2, 0) is 0 Å². The fraction of sp³-hybridized carbons (Fsp3) is 0.462. The fourth-order valence-corrected chi connectivity index (χ4v) is 2.53. The number of benzene rings is 1. The lowest BCUT2D eigenvalue weighted by Gasteiger charge is -2.27. The zero-order valence-electron chi connectivity index (χ0n) is 10.4. The van der Waals surface area contributed by atoms with E-state index in [1.807, 2.05) is 6.07 Å². The van der Waals surface area contributed by atoms with Crippen molar-refractivity contribution >= 4 is 22.6 Å². The first-order valence-electron chi connectivity index (χ1n) is 5.67. The van der Waals surface area contributed by atoms with E-state index in [2.05, 4.69) is 24.2 Å². The third kappa shape index (κ3) is 3.00.